The number of alkyl carbamates (subject to hydrolysis) is 1. The molecule has 0 fully saturated rings. The minimum absolute atomic E-state index is 0.0983. The first-order valence-corrected chi connectivity index (χ1v) is 10.0. The molecule has 164 valence electrons. The highest BCUT2D eigenvalue weighted by atomic mass is 16.6. The zero-order valence-corrected chi connectivity index (χ0v) is 18.5. The van der Waals surface area contributed by atoms with Crippen LogP contribution in [0.15, 0.2) is 42.5 Å². The van der Waals surface area contributed by atoms with E-state index < -0.39 is 17.7 Å². The highest BCUT2D eigenvalue weighted by Crippen LogP contribution is 2.28. The lowest BCUT2D eigenvalue weighted by atomic mass is 10.0. The number of carbonyl (C=O) groups is 2. The van der Waals surface area contributed by atoms with Crippen molar-refractivity contribution in [2.75, 3.05) is 7.11 Å². The van der Waals surface area contributed by atoms with Crippen molar-refractivity contribution in [2.24, 2.45) is 0 Å². The normalized spacial score (nSPS) is 11.7. The second kappa shape index (κ2) is 10.5. The first-order chi connectivity index (χ1) is 14.6. The summed E-state index contributed by atoms with van der Waals surface area (Å²) in [7, 11) is 1.49. The number of nitrogens with zero attached hydrogens (tertiary/aromatic N) is 1. The molecule has 0 aromatic heterocycles. The van der Waals surface area contributed by atoms with Crippen LogP contribution in [0.1, 0.15) is 45.2 Å². The van der Waals surface area contributed by atoms with Gasteiger partial charge in [0.2, 0.25) is 0 Å². The van der Waals surface area contributed by atoms with Crippen molar-refractivity contribution in [3.05, 3.63) is 53.6 Å². The Morgan fingerprint density at radius 1 is 1.10 bits per heavy atom. The van der Waals surface area contributed by atoms with Gasteiger partial charge in [0.1, 0.15) is 28.9 Å². The van der Waals surface area contributed by atoms with Crippen LogP contribution in [-0.4, -0.2) is 30.6 Å². The van der Waals surface area contributed by atoms with Crippen LogP contribution in [0.3, 0.4) is 0 Å². The summed E-state index contributed by atoms with van der Waals surface area (Å²) in [6, 6.07) is 13.5. The van der Waals surface area contributed by atoms with Gasteiger partial charge < -0.3 is 19.5 Å². The van der Waals surface area contributed by atoms with Gasteiger partial charge in [0.25, 0.3) is 0 Å². The van der Waals surface area contributed by atoms with Gasteiger partial charge >= 0.3 is 6.09 Å². The predicted octanol–water partition coefficient (Wildman–Crippen LogP) is 4.77. The van der Waals surface area contributed by atoms with Crippen molar-refractivity contribution in [1.29, 1.82) is 5.26 Å². The van der Waals surface area contributed by atoms with E-state index in [1.54, 1.807) is 63.2 Å². The Morgan fingerprint density at radius 2 is 1.74 bits per heavy atom. The standard InChI is InChI=1S/C24H28N2O5/c1-6-20(26-23(28)31-24(2,3)4)21(27)13-16-7-10-18(11-8-16)30-19-12-9-17(15-25)22(14-19)29-5/h7-12,14,20H,6,13H2,1-5H3,(H,26,28)/t20-/m1/s1. The number of hydrogen-bond donors (Lipinski definition) is 1. The van der Waals surface area contributed by atoms with E-state index in [1.807, 2.05) is 6.92 Å². The first kappa shape index (κ1) is 23.7. The Balaban J connectivity index is 1.99. The maximum absolute atomic E-state index is 12.6. The van der Waals surface area contributed by atoms with Crippen LogP contribution in [-0.2, 0) is 16.0 Å². The Labute approximate surface area is 182 Å². The molecule has 0 unspecified atom stereocenters. The minimum Gasteiger partial charge on any atom is -0.495 e. The number of Topliss-reactive ketones (excluding diaryl/α,β-unsaturated/α-hetero) is 1. The van der Waals surface area contributed by atoms with Gasteiger partial charge in [-0.2, -0.15) is 5.26 Å². The summed E-state index contributed by atoms with van der Waals surface area (Å²) in [5.41, 5.74) is 0.605. The second-order valence-corrected chi connectivity index (χ2v) is 7.97. The second-order valence-electron chi connectivity index (χ2n) is 7.97. The van der Waals surface area contributed by atoms with Crippen LogP contribution >= 0.6 is 0 Å². The van der Waals surface area contributed by atoms with Gasteiger partial charge in [-0.25, -0.2) is 4.79 Å². The summed E-state index contributed by atoms with van der Waals surface area (Å²) in [5, 5.41) is 11.7. The average Bonchev–Trinajstić information content (AvgIpc) is 2.72. The van der Waals surface area contributed by atoms with E-state index in [0.717, 1.165) is 5.56 Å². The zero-order valence-electron chi connectivity index (χ0n) is 18.5. The molecule has 2 aromatic rings. The Morgan fingerprint density at radius 3 is 2.29 bits per heavy atom. The molecule has 0 saturated carbocycles. The molecule has 0 aliphatic rings. The SMILES string of the molecule is CC[C@@H](NC(=O)OC(C)(C)C)C(=O)Cc1ccc(Oc2ccc(C#N)c(OC)c2)cc1. The summed E-state index contributed by atoms with van der Waals surface area (Å²) < 4.78 is 16.2. The van der Waals surface area contributed by atoms with Crippen LogP contribution in [0.2, 0.25) is 0 Å². The largest absolute Gasteiger partial charge is 0.495 e. The van der Waals surface area contributed by atoms with Gasteiger partial charge in [-0.1, -0.05) is 19.1 Å². The van der Waals surface area contributed by atoms with Crippen molar-refractivity contribution in [1.82, 2.24) is 5.32 Å². The molecule has 0 spiro atoms. The maximum Gasteiger partial charge on any atom is 0.408 e. The van der Waals surface area contributed by atoms with E-state index in [2.05, 4.69) is 11.4 Å². The van der Waals surface area contributed by atoms with Crippen molar-refractivity contribution < 1.29 is 23.8 Å². The fraction of sp³-hybridized carbons (Fsp3) is 0.375. The Hall–Kier alpha value is -3.53. The van der Waals surface area contributed by atoms with Crippen LogP contribution in [0.4, 0.5) is 4.79 Å². The lowest BCUT2D eigenvalue weighted by molar-refractivity contribution is -0.120. The lowest BCUT2D eigenvalue weighted by Crippen LogP contribution is -2.43. The number of nitriles is 1. The van der Waals surface area contributed by atoms with Crippen molar-refractivity contribution in [3.63, 3.8) is 0 Å². The molecule has 1 amide bonds. The van der Waals surface area contributed by atoms with Gasteiger partial charge in [0, 0.05) is 12.5 Å². The van der Waals surface area contributed by atoms with Gasteiger partial charge in [-0.3, -0.25) is 4.79 Å². The molecule has 1 atom stereocenters. The predicted molar refractivity (Wildman–Crippen MR) is 116 cm³/mol. The number of ketones is 1. The number of carbonyl (C=O) groups excluding carboxylic acids is 2. The van der Waals surface area contributed by atoms with Crippen molar-refractivity contribution in [2.45, 2.75) is 52.2 Å². The summed E-state index contributed by atoms with van der Waals surface area (Å²) in [6.07, 6.45) is 0.0493. The molecule has 31 heavy (non-hydrogen) atoms. The van der Waals surface area contributed by atoms with E-state index >= 15 is 0 Å². The van der Waals surface area contributed by atoms with Crippen molar-refractivity contribution in [3.8, 4) is 23.3 Å². The molecule has 0 heterocycles. The van der Waals surface area contributed by atoms with Crippen LogP contribution in [0.5, 0.6) is 17.2 Å². The molecule has 0 aliphatic heterocycles. The van der Waals surface area contributed by atoms with Crippen molar-refractivity contribution >= 4 is 11.9 Å². The molecule has 0 bridgehead atoms. The topological polar surface area (TPSA) is 97.6 Å². The number of ether oxygens (including phenoxy) is 3. The zero-order chi connectivity index (χ0) is 23.0. The number of methoxy groups -OCH3 is 1. The van der Waals surface area contributed by atoms with Gasteiger partial charge in [-0.05, 0) is 57.0 Å². The molecular weight excluding hydrogens is 396 g/mol. The molecular formula is C24H28N2O5. The molecule has 7 heteroatoms. The fourth-order valence-electron chi connectivity index (χ4n) is 2.82. The Kier molecular flexibility index (Phi) is 8.03. The Bertz CT molecular complexity index is 955. The third kappa shape index (κ3) is 7.34. The summed E-state index contributed by atoms with van der Waals surface area (Å²) in [5.74, 6) is 1.46. The van der Waals surface area contributed by atoms with Crippen LogP contribution in [0.25, 0.3) is 0 Å². The minimum atomic E-state index is -0.625. The van der Waals surface area contributed by atoms with E-state index in [1.165, 1.54) is 7.11 Å². The van der Waals surface area contributed by atoms with E-state index in [4.69, 9.17) is 19.5 Å². The lowest BCUT2D eigenvalue weighted by Gasteiger charge is -2.22. The number of hydrogen-bond acceptors (Lipinski definition) is 6. The first-order valence-electron chi connectivity index (χ1n) is 10.0. The number of amides is 1. The van der Waals surface area contributed by atoms with Gasteiger partial charge in [-0.15, -0.1) is 0 Å². The van der Waals surface area contributed by atoms with E-state index in [-0.39, 0.29) is 12.2 Å². The smallest absolute Gasteiger partial charge is 0.408 e. The maximum atomic E-state index is 12.6. The third-order valence-corrected chi connectivity index (χ3v) is 4.32. The van der Waals surface area contributed by atoms with Crippen LogP contribution in [0, 0.1) is 11.3 Å². The highest BCUT2D eigenvalue weighted by molar-refractivity contribution is 5.89. The fourth-order valence-corrected chi connectivity index (χ4v) is 2.82. The third-order valence-electron chi connectivity index (χ3n) is 4.32. The van der Waals surface area contributed by atoms with E-state index in [9.17, 15) is 9.59 Å². The van der Waals surface area contributed by atoms with Gasteiger partial charge in [0.05, 0.1) is 18.7 Å². The molecule has 0 radical (unpaired) electrons. The molecule has 2 aromatic carbocycles. The summed E-state index contributed by atoms with van der Waals surface area (Å²) >= 11 is 0. The monoisotopic (exact) mass is 424 g/mol. The van der Waals surface area contributed by atoms with E-state index in [0.29, 0.717) is 29.2 Å². The molecule has 1 N–H and O–H groups in total. The molecule has 0 saturated heterocycles. The number of rotatable bonds is 8. The molecule has 7 nitrogen and oxygen atoms in total. The number of benzene rings is 2. The summed E-state index contributed by atoms with van der Waals surface area (Å²) in [4.78, 5) is 24.6. The van der Waals surface area contributed by atoms with Crippen LogP contribution < -0.4 is 14.8 Å². The quantitative estimate of drug-likeness (QED) is 0.655. The average molecular weight is 424 g/mol. The number of nitrogens with one attached hydrogen (secondary N) is 1. The summed E-state index contributed by atoms with van der Waals surface area (Å²) in [6.45, 7) is 7.15. The molecule has 2 rings (SSSR count). The molecule has 0 aliphatic carbocycles. The highest BCUT2D eigenvalue weighted by Gasteiger charge is 2.23. The van der Waals surface area contributed by atoms with Gasteiger partial charge in [0.15, 0.2) is 5.78 Å².